The van der Waals surface area contributed by atoms with E-state index < -0.39 is 105 Å². The van der Waals surface area contributed by atoms with Crippen LogP contribution < -0.4 is 14.2 Å². The number of nitrogens with zero attached hydrogens (tertiary/aromatic N) is 2. The van der Waals surface area contributed by atoms with E-state index in [2.05, 4.69) is 9.71 Å². The van der Waals surface area contributed by atoms with Gasteiger partial charge in [-0.15, -0.1) is 0 Å². The number of esters is 1. The quantitative estimate of drug-likeness (QED) is 0.161. The highest BCUT2D eigenvalue weighted by atomic mass is 32.2. The van der Waals surface area contributed by atoms with Crippen LogP contribution in [0.4, 0.5) is 17.6 Å². The van der Waals surface area contributed by atoms with Crippen molar-refractivity contribution in [1.82, 2.24) is 14.6 Å². The number of aromatic nitrogens is 1. The number of hydrogen-bond acceptors (Lipinski definition) is 10. The zero-order valence-electron chi connectivity index (χ0n) is 33.3. The molecule has 1 saturated heterocycles. The highest BCUT2D eigenvalue weighted by molar-refractivity contribution is 7.91. The summed E-state index contributed by atoms with van der Waals surface area (Å²) in [5.74, 6) is -4.84. The van der Waals surface area contributed by atoms with Crippen molar-refractivity contribution in [2.24, 2.45) is 29.1 Å². The lowest BCUT2D eigenvalue weighted by atomic mass is 9.82. The van der Waals surface area contributed by atoms with Crippen LogP contribution in [-0.2, 0) is 33.9 Å². The number of pyridine rings is 1. The number of sulfonamides is 1. The van der Waals surface area contributed by atoms with Gasteiger partial charge in [0.25, 0.3) is 0 Å². The predicted octanol–water partition coefficient (Wildman–Crippen LogP) is 6.41. The zero-order valence-corrected chi connectivity index (χ0v) is 34.1. The molecule has 0 unspecified atom stereocenters. The van der Waals surface area contributed by atoms with Gasteiger partial charge >= 0.3 is 12.1 Å². The van der Waals surface area contributed by atoms with Gasteiger partial charge in [0.2, 0.25) is 33.3 Å². The molecule has 318 valence electrons. The smallest absolute Gasteiger partial charge is 0.427 e. The van der Waals surface area contributed by atoms with Crippen molar-refractivity contribution in [3.8, 4) is 11.6 Å². The molecule has 7 atom stereocenters. The Labute approximate surface area is 335 Å². The maximum atomic E-state index is 14.8. The maximum Gasteiger partial charge on any atom is 0.427 e. The van der Waals surface area contributed by atoms with Crippen LogP contribution in [0.25, 0.3) is 10.8 Å². The molecule has 2 aliphatic carbocycles. The van der Waals surface area contributed by atoms with E-state index in [1.165, 1.54) is 18.2 Å². The Bertz CT molecular complexity index is 2070. The molecular weight excluding hydrogens is 787 g/mol. The van der Waals surface area contributed by atoms with E-state index in [9.17, 15) is 45.2 Å². The number of alkyl halides is 4. The molecule has 0 radical (unpaired) electrons. The number of amides is 2. The van der Waals surface area contributed by atoms with Crippen molar-refractivity contribution in [3.63, 3.8) is 0 Å². The van der Waals surface area contributed by atoms with Gasteiger partial charge in [0, 0.05) is 24.4 Å². The van der Waals surface area contributed by atoms with Gasteiger partial charge in [0.05, 0.1) is 37.5 Å². The summed E-state index contributed by atoms with van der Waals surface area (Å²) in [5.41, 5.74) is -4.33. The van der Waals surface area contributed by atoms with Crippen molar-refractivity contribution >= 4 is 44.4 Å². The normalized spacial score (nSPS) is 29.6. The molecule has 2 amide bonds. The van der Waals surface area contributed by atoms with Crippen LogP contribution in [0.1, 0.15) is 85.5 Å². The van der Waals surface area contributed by atoms with Crippen LogP contribution in [0.2, 0.25) is 0 Å². The van der Waals surface area contributed by atoms with Crippen molar-refractivity contribution in [3.05, 3.63) is 42.6 Å². The summed E-state index contributed by atoms with van der Waals surface area (Å²) >= 11 is 0. The molecule has 0 bridgehead atoms. The van der Waals surface area contributed by atoms with Crippen LogP contribution in [-0.4, -0.2) is 90.9 Å². The molecule has 3 heterocycles. The largest absolute Gasteiger partial charge is 0.497 e. The number of ketones is 1. The minimum atomic E-state index is -4.88. The second kappa shape index (κ2) is 16.1. The minimum Gasteiger partial charge on any atom is -0.497 e. The highest BCUT2D eigenvalue weighted by Crippen LogP contribution is 2.58. The average Bonchev–Trinajstić information content (AvgIpc) is 4.05. The van der Waals surface area contributed by atoms with Crippen LogP contribution in [0.5, 0.6) is 11.6 Å². The Morgan fingerprint density at radius 3 is 2.47 bits per heavy atom. The molecule has 1 aromatic heterocycles. The topological polar surface area (TPSA) is 158 Å². The number of nitrogens with one attached hydrogen (secondary N) is 1. The van der Waals surface area contributed by atoms with E-state index in [-0.39, 0.29) is 44.0 Å². The number of allylic oxidation sites excluding steroid dienone is 2. The van der Waals surface area contributed by atoms with Crippen LogP contribution in [0, 0.1) is 29.1 Å². The average molecular weight is 838 g/mol. The number of benzene rings is 1. The number of fused-ring (bicyclic) bond motifs is 3. The van der Waals surface area contributed by atoms with Crippen molar-refractivity contribution in [2.75, 3.05) is 20.3 Å². The summed E-state index contributed by atoms with van der Waals surface area (Å²) in [6, 6.07) is 5.79. The van der Waals surface area contributed by atoms with Crippen LogP contribution in [0.15, 0.2) is 42.6 Å². The molecule has 6 rings (SSSR count). The monoisotopic (exact) mass is 837 g/mol. The third-order valence-corrected chi connectivity index (χ3v) is 14.6. The standard InChI is InChI=1S/C41H51F4N3O9S/c1-24-8-6-7-9-27-20-40(27,37(52)47-58(53,54)39(23-42)13-14-39)21-33(49)32-18-29(56-35-30-11-10-28(55-5)17-26(30)12-15-46-35)22-48(32)36(51)31(25(2)16-24)19-34(50)57-38(3,4)41(43,44)45/h7,9-12,15,17,24-25,27,29,31-32H,6,8,13-14,16,18-23H2,1-5H3,(H,47,52)/b9-7-/t24-,25+,27+,29+,31-,32-,40+/m0/s1. The summed E-state index contributed by atoms with van der Waals surface area (Å²) < 4.78 is 98.5. The molecule has 1 aromatic carbocycles. The molecular formula is C41H51F4N3O9S. The lowest BCUT2D eigenvalue weighted by Crippen LogP contribution is -2.49. The molecule has 2 aliphatic heterocycles. The summed E-state index contributed by atoms with van der Waals surface area (Å²) in [5, 5.41) is 1.36. The Hall–Kier alpha value is -4.28. The zero-order chi connectivity index (χ0) is 42.4. The van der Waals surface area contributed by atoms with Crippen LogP contribution >= 0.6 is 0 Å². The second-order valence-corrected chi connectivity index (χ2v) is 19.2. The summed E-state index contributed by atoms with van der Waals surface area (Å²) in [6.45, 7) is 3.81. The van der Waals surface area contributed by atoms with E-state index >= 15 is 0 Å². The molecule has 4 aliphatic rings. The Balaban J connectivity index is 1.35. The summed E-state index contributed by atoms with van der Waals surface area (Å²) in [4.78, 5) is 62.3. The van der Waals surface area contributed by atoms with Gasteiger partial charge in [-0.2, -0.15) is 13.2 Å². The fraction of sp³-hybridized carbons (Fsp3) is 0.634. The van der Waals surface area contributed by atoms with Crippen molar-refractivity contribution < 1.29 is 59.4 Å². The molecule has 2 saturated carbocycles. The lowest BCUT2D eigenvalue weighted by molar-refractivity contribution is -0.257. The Morgan fingerprint density at radius 2 is 1.81 bits per heavy atom. The molecule has 3 fully saturated rings. The number of methoxy groups -OCH3 is 1. The van der Waals surface area contributed by atoms with Crippen molar-refractivity contribution in [2.45, 2.75) is 114 Å². The number of ether oxygens (including phenoxy) is 3. The van der Waals surface area contributed by atoms with E-state index in [0.29, 0.717) is 30.4 Å². The Kier molecular flexibility index (Phi) is 12.0. The predicted molar refractivity (Wildman–Crippen MR) is 204 cm³/mol. The number of carbonyl (C=O) groups is 4. The first-order valence-corrected chi connectivity index (χ1v) is 21.1. The van der Waals surface area contributed by atoms with Crippen LogP contribution in [0.3, 0.4) is 0 Å². The number of halogens is 4. The number of rotatable bonds is 10. The second-order valence-electron chi connectivity index (χ2n) is 17.2. The van der Waals surface area contributed by atoms with E-state index in [4.69, 9.17) is 14.2 Å². The van der Waals surface area contributed by atoms with E-state index in [1.54, 1.807) is 37.3 Å². The highest BCUT2D eigenvalue weighted by Gasteiger charge is 2.63. The first-order chi connectivity index (χ1) is 27.2. The lowest BCUT2D eigenvalue weighted by Gasteiger charge is -2.33. The third-order valence-electron chi connectivity index (χ3n) is 12.5. The van der Waals surface area contributed by atoms with Gasteiger partial charge in [-0.1, -0.05) is 26.0 Å². The molecule has 1 N–H and O–H groups in total. The molecule has 17 heteroatoms. The number of Topliss-reactive ketones (excluding diaryl/α,β-unsaturated/α-hetero) is 1. The van der Waals surface area contributed by atoms with Gasteiger partial charge in [-0.3, -0.25) is 23.9 Å². The summed E-state index contributed by atoms with van der Waals surface area (Å²) in [7, 11) is -2.89. The summed E-state index contributed by atoms with van der Waals surface area (Å²) in [6.07, 6.45) is 0.0885. The number of hydrogen-bond donors (Lipinski definition) is 1. The first-order valence-electron chi connectivity index (χ1n) is 19.7. The van der Waals surface area contributed by atoms with Gasteiger partial charge < -0.3 is 19.1 Å². The van der Waals surface area contributed by atoms with E-state index in [0.717, 1.165) is 19.2 Å². The fourth-order valence-corrected chi connectivity index (χ4v) is 9.76. The van der Waals surface area contributed by atoms with Gasteiger partial charge in [0.15, 0.2) is 5.78 Å². The molecule has 12 nitrogen and oxygen atoms in total. The Morgan fingerprint density at radius 1 is 1.09 bits per heavy atom. The first kappa shape index (κ1) is 43.3. The third kappa shape index (κ3) is 8.69. The van der Waals surface area contributed by atoms with Gasteiger partial charge in [0.1, 0.15) is 23.3 Å². The fourth-order valence-electron chi connectivity index (χ4n) is 8.31. The minimum absolute atomic E-state index is 0.0151. The van der Waals surface area contributed by atoms with E-state index in [1.807, 2.05) is 13.0 Å². The maximum absolute atomic E-state index is 14.8. The van der Waals surface area contributed by atoms with Gasteiger partial charge in [-0.25, -0.2) is 17.8 Å². The van der Waals surface area contributed by atoms with Crippen molar-refractivity contribution in [1.29, 1.82) is 0 Å². The molecule has 0 spiro atoms. The SMILES string of the molecule is COc1ccc2c(O[C@@H]3C[C@H]4C(=O)C[C@]5(C(=O)NS(=O)(=O)C6(CF)CC6)C[C@H]5/C=C\CC[C@H](C)C[C@@H](C)[C@H](CC(=O)OC(C)(C)C(F)(F)F)C(=O)N4C3)nccc2c1. The molecule has 58 heavy (non-hydrogen) atoms. The van der Waals surface area contributed by atoms with Gasteiger partial charge in [-0.05, 0) is 99.8 Å². The number of carbonyl (C=O) groups excluding carboxylic acids is 4. The molecule has 2 aromatic rings.